The first-order valence-corrected chi connectivity index (χ1v) is 11.2. The Kier molecular flexibility index (Phi) is 6.41. The lowest BCUT2D eigenvalue weighted by Crippen LogP contribution is -2.52. The third kappa shape index (κ3) is 5.15. The highest BCUT2D eigenvalue weighted by Gasteiger charge is 2.38. The van der Waals surface area contributed by atoms with Crippen LogP contribution >= 0.6 is 11.8 Å². The number of para-hydroxylation sites is 1. The van der Waals surface area contributed by atoms with E-state index in [4.69, 9.17) is 9.47 Å². The van der Waals surface area contributed by atoms with Crippen LogP contribution < -0.4 is 5.32 Å². The number of hydrogen-bond acceptors (Lipinski definition) is 6. The van der Waals surface area contributed by atoms with Gasteiger partial charge in [0, 0.05) is 5.69 Å². The number of ether oxygens (including phenoxy) is 2. The predicted molar refractivity (Wildman–Crippen MR) is 119 cm³/mol. The van der Waals surface area contributed by atoms with Crippen molar-refractivity contribution < 1.29 is 14.3 Å². The fourth-order valence-corrected chi connectivity index (χ4v) is 4.36. The minimum Gasteiger partial charge on any atom is -0.348 e. The van der Waals surface area contributed by atoms with Crippen LogP contribution in [0.15, 0.2) is 65.8 Å². The average molecular weight is 439 g/mol. The number of amides is 1. The quantitative estimate of drug-likeness (QED) is 0.592. The highest BCUT2D eigenvalue weighted by atomic mass is 32.2. The summed E-state index contributed by atoms with van der Waals surface area (Å²) < 4.78 is 13.9. The minimum absolute atomic E-state index is 0.108. The van der Waals surface area contributed by atoms with E-state index in [9.17, 15) is 4.79 Å². The molecule has 1 fully saturated rings. The second-order valence-electron chi connectivity index (χ2n) is 7.82. The number of nitrogens with one attached hydrogen (secondary N) is 1. The van der Waals surface area contributed by atoms with Crippen molar-refractivity contribution in [3.63, 3.8) is 0 Å². The van der Waals surface area contributed by atoms with Crippen molar-refractivity contribution in [2.45, 2.75) is 43.9 Å². The number of aromatic nitrogens is 3. The Hall–Kier alpha value is -2.68. The zero-order chi connectivity index (χ0) is 21.8. The van der Waals surface area contributed by atoms with Crippen molar-refractivity contribution >= 4 is 17.7 Å². The first-order chi connectivity index (χ1) is 14.9. The number of nitrogens with zero attached hydrogens (tertiary/aromatic N) is 3. The van der Waals surface area contributed by atoms with Crippen LogP contribution in [0.25, 0.3) is 5.69 Å². The molecule has 1 N–H and O–H groups in total. The summed E-state index contributed by atoms with van der Waals surface area (Å²) in [6.07, 6.45) is -0.283. The van der Waals surface area contributed by atoms with Gasteiger partial charge in [0.25, 0.3) is 0 Å². The van der Waals surface area contributed by atoms with Crippen LogP contribution in [0, 0.1) is 6.92 Å². The molecule has 7 nitrogen and oxygen atoms in total. The third-order valence-electron chi connectivity index (χ3n) is 5.00. The van der Waals surface area contributed by atoms with E-state index in [0.717, 1.165) is 17.1 Å². The normalized spacial score (nSPS) is 20.4. The molecule has 1 saturated heterocycles. The summed E-state index contributed by atoms with van der Waals surface area (Å²) in [5, 5.41) is 12.2. The number of hydrogen-bond donors (Lipinski definition) is 1. The second-order valence-corrected chi connectivity index (χ2v) is 8.77. The summed E-state index contributed by atoms with van der Waals surface area (Å²) in [5.74, 6) is 0.171. The lowest BCUT2D eigenvalue weighted by molar-refractivity contribution is -0.284. The largest absolute Gasteiger partial charge is 0.348 e. The number of carbonyl (C=O) groups is 1. The molecule has 3 aromatic rings. The number of aryl methyl sites for hydroxylation is 1. The summed E-state index contributed by atoms with van der Waals surface area (Å²) >= 11 is 1.35. The van der Waals surface area contributed by atoms with Gasteiger partial charge in [-0.15, -0.1) is 10.2 Å². The molecule has 4 rings (SSSR count). The predicted octanol–water partition coefficient (Wildman–Crippen LogP) is 3.68. The van der Waals surface area contributed by atoms with Crippen LogP contribution in [0.2, 0.25) is 0 Å². The summed E-state index contributed by atoms with van der Waals surface area (Å²) in [6, 6.07) is 19.5. The Morgan fingerprint density at radius 2 is 1.81 bits per heavy atom. The average Bonchev–Trinajstić information content (AvgIpc) is 3.15. The van der Waals surface area contributed by atoms with E-state index in [1.165, 1.54) is 11.8 Å². The van der Waals surface area contributed by atoms with E-state index < -0.39 is 5.79 Å². The lowest BCUT2D eigenvalue weighted by atomic mass is 10.0. The molecule has 2 aromatic carbocycles. The smallest absolute Gasteiger partial charge is 0.230 e. The Morgan fingerprint density at radius 3 is 2.52 bits per heavy atom. The monoisotopic (exact) mass is 438 g/mol. The van der Waals surface area contributed by atoms with Gasteiger partial charge in [-0.2, -0.15) is 0 Å². The van der Waals surface area contributed by atoms with Crippen LogP contribution in [0.3, 0.4) is 0 Å². The highest BCUT2D eigenvalue weighted by molar-refractivity contribution is 7.99. The Balaban J connectivity index is 1.43. The van der Waals surface area contributed by atoms with E-state index in [1.54, 1.807) is 0 Å². The molecule has 0 saturated carbocycles. The first kappa shape index (κ1) is 21.5. The van der Waals surface area contributed by atoms with Crippen LogP contribution in [-0.4, -0.2) is 44.9 Å². The van der Waals surface area contributed by atoms with Crippen molar-refractivity contribution in [2.24, 2.45) is 0 Å². The van der Waals surface area contributed by atoms with Crippen molar-refractivity contribution in [1.82, 2.24) is 20.1 Å². The van der Waals surface area contributed by atoms with E-state index in [-0.39, 0.29) is 23.8 Å². The van der Waals surface area contributed by atoms with Gasteiger partial charge >= 0.3 is 0 Å². The molecule has 0 radical (unpaired) electrons. The summed E-state index contributed by atoms with van der Waals surface area (Å²) in [5.41, 5.74) is 1.98. The number of carbonyl (C=O) groups excluding carboxylic acids is 1. The number of rotatable bonds is 6. The van der Waals surface area contributed by atoms with Gasteiger partial charge in [-0.25, -0.2) is 0 Å². The molecule has 162 valence electrons. The van der Waals surface area contributed by atoms with Gasteiger partial charge in [0.1, 0.15) is 11.9 Å². The topological polar surface area (TPSA) is 78.3 Å². The maximum absolute atomic E-state index is 12.8. The standard InChI is InChI=1S/C23H26N4O3S/c1-16-25-26-22(27(16)18-12-8-5-9-13-18)31-15-20(28)24-19-14-29-23(2,3)30-21(19)17-10-6-4-7-11-17/h4-13,19,21H,14-15H2,1-3H3,(H,24,28). The Labute approximate surface area is 186 Å². The van der Waals surface area contributed by atoms with E-state index in [2.05, 4.69) is 15.5 Å². The molecular formula is C23H26N4O3S. The van der Waals surface area contributed by atoms with Crippen molar-refractivity contribution in [3.05, 3.63) is 72.1 Å². The zero-order valence-electron chi connectivity index (χ0n) is 17.8. The fraction of sp³-hybridized carbons (Fsp3) is 0.348. The van der Waals surface area contributed by atoms with E-state index in [0.29, 0.717) is 11.8 Å². The number of benzene rings is 2. The molecular weight excluding hydrogens is 412 g/mol. The van der Waals surface area contributed by atoms with Crippen LogP contribution in [0.4, 0.5) is 0 Å². The SMILES string of the molecule is Cc1nnc(SCC(=O)NC2COC(C)(C)OC2c2ccccc2)n1-c1ccccc1. The maximum atomic E-state index is 12.8. The summed E-state index contributed by atoms with van der Waals surface area (Å²) in [7, 11) is 0. The molecule has 0 bridgehead atoms. The molecule has 8 heteroatoms. The van der Waals surface area contributed by atoms with Crippen LogP contribution in [0.1, 0.15) is 31.3 Å². The second kappa shape index (κ2) is 9.21. The molecule has 0 spiro atoms. The first-order valence-electron chi connectivity index (χ1n) is 10.2. The van der Waals surface area contributed by atoms with Gasteiger partial charge in [-0.1, -0.05) is 60.3 Å². The molecule has 0 aliphatic carbocycles. The molecule has 2 heterocycles. The number of thioether (sulfide) groups is 1. The minimum atomic E-state index is -0.708. The van der Waals surface area contributed by atoms with Crippen LogP contribution in [0.5, 0.6) is 0 Å². The van der Waals surface area contributed by atoms with Gasteiger partial charge in [-0.3, -0.25) is 9.36 Å². The Bertz CT molecular complexity index is 1020. The third-order valence-corrected chi connectivity index (χ3v) is 5.93. The highest BCUT2D eigenvalue weighted by Crippen LogP contribution is 2.33. The van der Waals surface area contributed by atoms with Gasteiger partial charge in [0.2, 0.25) is 5.91 Å². The summed E-state index contributed by atoms with van der Waals surface area (Å²) in [4.78, 5) is 12.8. The van der Waals surface area contributed by atoms with Gasteiger partial charge in [0.05, 0.1) is 18.4 Å². The van der Waals surface area contributed by atoms with Crippen molar-refractivity contribution in [2.75, 3.05) is 12.4 Å². The van der Waals surface area contributed by atoms with E-state index in [1.807, 2.05) is 86.0 Å². The molecule has 1 amide bonds. The zero-order valence-corrected chi connectivity index (χ0v) is 18.6. The van der Waals surface area contributed by atoms with Gasteiger partial charge < -0.3 is 14.8 Å². The molecule has 1 aliphatic rings. The Morgan fingerprint density at radius 1 is 1.13 bits per heavy atom. The van der Waals surface area contributed by atoms with E-state index >= 15 is 0 Å². The van der Waals surface area contributed by atoms with Crippen LogP contribution in [-0.2, 0) is 14.3 Å². The van der Waals surface area contributed by atoms with Gasteiger partial charge in [-0.05, 0) is 38.5 Å². The molecule has 2 unspecified atom stereocenters. The maximum Gasteiger partial charge on any atom is 0.230 e. The molecule has 1 aromatic heterocycles. The fourth-order valence-electron chi connectivity index (χ4n) is 3.55. The molecule has 2 atom stereocenters. The molecule has 1 aliphatic heterocycles. The lowest BCUT2D eigenvalue weighted by Gasteiger charge is -2.41. The summed E-state index contributed by atoms with van der Waals surface area (Å²) in [6.45, 7) is 6.04. The molecule has 31 heavy (non-hydrogen) atoms. The van der Waals surface area contributed by atoms with Crippen molar-refractivity contribution in [3.8, 4) is 5.69 Å². The van der Waals surface area contributed by atoms with Gasteiger partial charge in [0.15, 0.2) is 10.9 Å². The van der Waals surface area contributed by atoms with Crippen molar-refractivity contribution in [1.29, 1.82) is 0 Å².